The van der Waals surface area contributed by atoms with Crippen molar-refractivity contribution in [1.29, 1.82) is 0 Å². The standard InChI is InChI=1S/C16H24N2O3/c1-3-11(9-16(20)21-2)12-4-5-15(14(17)8-12)18-7-6-13(19)10-18/h4-5,8,11,13,19H,3,6-7,9-10,17H2,1-2H3. The Labute approximate surface area is 125 Å². The first-order valence-electron chi connectivity index (χ1n) is 7.44. The van der Waals surface area contributed by atoms with Crippen molar-refractivity contribution >= 4 is 17.3 Å². The molecular formula is C16H24N2O3. The molecule has 0 amide bonds. The molecule has 1 fully saturated rings. The quantitative estimate of drug-likeness (QED) is 0.640. The van der Waals surface area contributed by atoms with Crippen LogP contribution < -0.4 is 10.6 Å². The molecule has 0 aromatic heterocycles. The Morgan fingerprint density at radius 1 is 1.57 bits per heavy atom. The van der Waals surface area contributed by atoms with Crippen LogP contribution in [0, 0.1) is 0 Å². The number of hydrogen-bond donors (Lipinski definition) is 2. The fourth-order valence-electron chi connectivity index (χ4n) is 2.86. The molecule has 5 heteroatoms. The third kappa shape index (κ3) is 3.67. The van der Waals surface area contributed by atoms with Crippen molar-refractivity contribution in [1.82, 2.24) is 0 Å². The van der Waals surface area contributed by atoms with E-state index in [1.54, 1.807) is 0 Å². The van der Waals surface area contributed by atoms with E-state index >= 15 is 0 Å². The lowest BCUT2D eigenvalue weighted by Gasteiger charge is -2.22. The van der Waals surface area contributed by atoms with E-state index in [0.717, 1.165) is 30.6 Å². The highest BCUT2D eigenvalue weighted by Gasteiger charge is 2.23. The molecule has 3 N–H and O–H groups in total. The summed E-state index contributed by atoms with van der Waals surface area (Å²) in [6.07, 6.45) is 1.73. The zero-order valence-corrected chi connectivity index (χ0v) is 12.7. The maximum absolute atomic E-state index is 11.5. The Hall–Kier alpha value is -1.75. The molecule has 2 rings (SSSR count). The number of nitrogen functional groups attached to an aromatic ring is 1. The van der Waals surface area contributed by atoms with E-state index in [4.69, 9.17) is 10.5 Å². The van der Waals surface area contributed by atoms with Gasteiger partial charge in [0, 0.05) is 13.1 Å². The van der Waals surface area contributed by atoms with Gasteiger partial charge in [-0.1, -0.05) is 13.0 Å². The first-order valence-corrected chi connectivity index (χ1v) is 7.44. The van der Waals surface area contributed by atoms with Crippen LogP contribution in [0.4, 0.5) is 11.4 Å². The van der Waals surface area contributed by atoms with Crippen LogP contribution in [0.5, 0.6) is 0 Å². The van der Waals surface area contributed by atoms with E-state index in [0.29, 0.717) is 18.7 Å². The van der Waals surface area contributed by atoms with Crippen molar-refractivity contribution in [2.24, 2.45) is 0 Å². The highest BCUT2D eigenvalue weighted by atomic mass is 16.5. The first-order chi connectivity index (χ1) is 10.0. The number of methoxy groups -OCH3 is 1. The van der Waals surface area contributed by atoms with Crippen LogP contribution in [0.15, 0.2) is 18.2 Å². The number of aliphatic hydroxyl groups excluding tert-OH is 1. The maximum atomic E-state index is 11.5. The molecule has 0 aliphatic carbocycles. The summed E-state index contributed by atoms with van der Waals surface area (Å²) in [5, 5.41) is 9.63. The van der Waals surface area contributed by atoms with Gasteiger partial charge in [-0.3, -0.25) is 4.79 Å². The molecule has 2 unspecified atom stereocenters. The SMILES string of the molecule is CCC(CC(=O)OC)c1ccc(N2CCC(O)C2)c(N)c1. The number of nitrogens with two attached hydrogens (primary N) is 1. The molecule has 0 radical (unpaired) electrons. The van der Waals surface area contributed by atoms with Gasteiger partial charge in [-0.2, -0.15) is 0 Å². The van der Waals surface area contributed by atoms with Gasteiger partial charge in [0.15, 0.2) is 0 Å². The molecule has 0 bridgehead atoms. The molecule has 1 aromatic rings. The average molecular weight is 292 g/mol. The van der Waals surface area contributed by atoms with E-state index in [1.807, 2.05) is 18.2 Å². The summed E-state index contributed by atoms with van der Waals surface area (Å²) in [5.41, 5.74) is 8.88. The van der Waals surface area contributed by atoms with Crippen LogP contribution in [-0.2, 0) is 9.53 Å². The molecule has 1 aromatic carbocycles. The normalized spacial score (nSPS) is 19.6. The number of carbonyl (C=O) groups excluding carboxylic acids is 1. The van der Waals surface area contributed by atoms with Crippen molar-refractivity contribution in [2.45, 2.75) is 38.2 Å². The molecule has 0 saturated carbocycles. The third-order valence-electron chi connectivity index (χ3n) is 4.16. The van der Waals surface area contributed by atoms with E-state index in [2.05, 4.69) is 11.8 Å². The van der Waals surface area contributed by atoms with Crippen molar-refractivity contribution in [3.8, 4) is 0 Å². The van der Waals surface area contributed by atoms with Gasteiger partial charge in [0.05, 0.1) is 31.0 Å². The van der Waals surface area contributed by atoms with Gasteiger partial charge in [0.1, 0.15) is 0 Å². The number of anilines is 2. The minimum atomic E-state index is -0.271. The predicted octanol–water partition coefficient (Wildman–Crippen LogP) is 1.90. The molecule has 0 spiro atoms. The molecule has 5 nitrogen and oxygen atoms in total. The lowest BCUT2D eigenvalue weighted by molar-refractivity contribution is -0.141. The number of esters is 1. The van der Waals surface area contributed by atoms with Crippen LogP contribution in [0.1, 0.15) is 37.7 Å². The monoisotopic (exact) mass is 292 g/mol. The minimum Gasteiger partial charge on any atom is -0.469 e. The zero-order valence-electron chi connectivity index (χ0n) is 12.7. The fourth-order valence-corrected chi connectivity index (χ4v) is 2.86. The Morgan fingerprint density at radius 3 is 2.86 bits per heavy atom. The Kier molecular flexibility index (Phi) is 5.07. The first kappa shape index (κ1) is 15.6. The zero-order chi connectivity index (χ0) is 15.4. The van der Waals surface area contributed by atoms with Gasteiger partial charge in [0.25, 0.3) is 0 Å². The Morgan fingerprint density at radius 2 is 2.33 bits per heavy atom. The molecular weight excluding hydrogens is 268 g/mol. The molecule has 1 saturated heterocycles. The van der Waals surface area contributed by atoms with Crippen molar-refractivity contribution < 1.29 is 14.6 Å². The van der Waals surface area contributed by atoms with Crippen LogP contribution in [-0.4, -0.2) is 37.4 Å². The summed E-state index contributed by atoms with van der Waals surface area (Å²) in [7, 11) is 1.41. The summed E-state index contributed by atoms with van der Waals surface area (Å²) in [6, 6.07) is 5.95. The van der Waals surface area contributed by atoms with Crippen LogP contribution in [0.3, 0.4) is 0 Å². The summed E-state index contributed by atoms with van der Waals surface area (Å²) in [6.45, 7) is 3.50. The van der Waals surface area contributed by atoms with Crippen LogP contribution in [0.25, 0.3) is 0 Å². The number of nitrogens with zero attached hydrogens (tertiary/aromatic N) is 1. The summed E-state index contributed by atoms with van der Waals surface area (Å²) in [5.74, 6) is -0.0786. The second-order valence-electron chi connectivity index (χ2n) is 5.59. The summed E-state index contributed by atoms with van der Waals surface area (Å²) >= 11 is 0. The Balaban J connectivity index is 2.15. The van der Waals surface area contributed by atoms with Gasteiger partial charge >= 0.3 is 5.97 Å². The van der Waals surface area contributed by atoms with Crippen LogP contribution in [0.2, 0.25) is 0 Å². The number of β-amino-alcohol motifs (C(OH)–C–C–N with tert-alkyl or cyclic N) is 1. The molecule has 1 heterocycles. The molecule has 1 aliphatic rings. The molecule has 1 aliphatic heterocycles. The Bertz CT molecular complexity index is 504. The van der Waals surface area contributed by atoms with E-state index in [-0.39, 0.29) is 18.0 Å². The number of benzene rings is 1. The molecule has 2 atom stereocenters. The number of carbonyl (C=O) groups is 1. The highest BCUT2D eigenvalue weighted by Crippen LogP contribution is 2.32. The fraction of sp³-hybridized carbons (Fsp3) is 0.562. The van der Waals surface area contributed by atoms with Gasteiger partial charge < -0.3 is 20.5 Å². The number of rotatable bonds is 5. The maximum Gasteiger partial charge on any atom is 0.306 e. The summed E-state index contributed by atoms with van der Waals surface area (Å²) < 4.78 is 4.74. The van der Waals surface area contributed by atoms with E-state index in [9.17, 15) is 9.90 Å². The molecule has 21 heavy (non-hydrogen) atoms. The minimum absolute atomic E-state index is 0.123. The number of hydrogen-bond acceptors (Lipinski definition) is 5. The predicted molar refractivity (Wildman–Crippen MR) is 83.4 cm³/mol. The largest absolute Gasteiger partial charge is 0.469 e. The van der Waals surface area contributed by atoms with E-state index in [1.165, 1.54) is 7.11 Å². The van der Waals surface area contributed by atoms with Crippen molar-refractivity contribution in [2.75, 3.05) is 30.8 Å². The highest BCUT2D eigenvalue weighted by molar-refractivity contribution is 5.72. The second kappa shape index (κ2) is 6.80. The number of aliphatic hydroxyl groups is 1. The van der Waals surface area contributed by atoms with Crippen molar-refractivity contribution in [3.63, 3.8) is 0 Å². The lowest BCUT2D eigenvalue weighted by atomic mass is 9.92. The molecule has 116 valence electrons. The average Bonchev–Trinajstić information content (AvgIpc) is 2.90. The van der Waals surface area contributed by atoms with Gasteiger partial charge in [0.2, 0.25) is 0 Å². The van der Waals surface area contributed by atoms with Gasteiger partial charge in [-0.25, -0.2) is 0 Å². The second-order valence-corrected chi connectivity index (χ2v) is 5.59. The van der Waals surface area contributed by atoms with Crippen LogP contribution >= 0.6 is 0 Å². The van der Waals surface area contributed by atoms with Gasteiger partial charge in [-0.15, -0.1) is 0 Å². The van der Waals surface area contributed by atoms with Crippen molar-refractivity contribution in [3.05, 3.63) is 23.8 Å². The topological polar surface area (TPSA) is 75.8 Å². The third-order valence-corrected chi connectivity index (χ3v) is 4.16. The number of ether oxygens (including phenoxy) is 1. The van der Waals surface area contributed by atoms with E-state index < -0.39 is 0 Å². The van der Waals surface area contributed by atoms with Gasteiger partial charge in [-0.05, 0) is 36.5 Å². The smallest absolute Gasteiger partial charge is 0.306 e. The lowest BCUT2D eigenvalue weighted by Crippen LogP contribution is -2.22. The summed E-state index contributed by atoms with van der Waals surface area (Å²) in [4.78, 5) is 13.6.